The number of Topliss-reactive ketones (excluding diaryl/α,β-unsaturated/α-hetero) is 1. The van der Waals surface area contributed by atoms with Gasteiger partial charge in [-0.25, -0.2) is 4.98 Å². The minimum Gasteiger partial charge on any atom is -0.497 e. The van der Waals surface area contributed by atoms with E-state index in [0.717, 1.165) is 50.8 Å². The van der Waals surface area contributed by atoms with Crippen molar-refractivity contribution in [1.82, 2.24) is 4.98 Å². The quantitative estimate of drug-likeness (QED) is 0.280. The summed E-state index contributed by atoms with van der Waals surface area (Å²) in [6.07, 6.45) is 2.65. The third kappa shape index (κ3) is 5.05. The van der Waals surface area contributed by atoms with Crippen LogP contribution >= 0.6 is 11.3 Å². The molecule has 0 saturated heterocycles. The Balaban J connectivity index is 1.25. The smallest absolute Gasteiger partial charge is 0.306 e. The number of benzene rings is 3. The number of fused-ring (bicyclic) bond motifs is 1. The summed E-state index contributed by atoms with van der Waals surface area (Å²) in [5.74, 6) is -0.540. The lowest BCUT2D eigenvalue weighted by Gasteiger charge is -2.25. The monoisotopic (exact) mass is 486 g/mol. The van der Waals surface area contributed by atoms with Gasteiger partial charge in [-0.05, 0) is 60.7 Å². The third-order valence-corrected chi connectivity index (χ3v) is 7.56. The lowest BCUT2D eigenvalue weighted by Crippen LogP contribution is -2.27. The summed E-state index contributed by atoms with van der Waals surface area (Å²) < 4.78 is 6.35. The fourth-order valence-corrected chi connectivity index (χ4v) is 5.58. The van der Waals surface area contributed by atoms with Crippen molar-refractivity contribution in [2.24, 2.45) is 11.8 Å². The van der Waals surface area contributed by atoms with Crippen molar-refractivity contribution in [3.8, 4) is 16.9 Å². The summed E-state index contributed by atoms with van der Waals surface area (Å²) in [6, 6.07) is 21.5. The van der Waals surface area contributed by atoms with Crippen LogP contribution in [-0.4, -0.2) is 29.0 Å². The molecule has 0 aliphatic heterocycles. The van der Waals surface area contributed by atoms with Gasteiger partial charge in [0.1, 0.15) is 5.75 Å². The molecule has 6 nitrogen and oxygen atoms in total. The van der Waals surface area contributed by atoms with Crippen LogP contribution in [0.25, 0.3) is 21.3 Å². The van der Waals surface area contributed by atoms with Crippen LogP contribution < -0.4 is 10.1 Å². The van der Waals surface area contributed by atoms with Crippen LogP contribution in [0.2, 0.25) is 0 Å². The van der Waals surface area contributed by atoms with Gasteiger partial charge >= 0.3 is 5.97 Å². The minimum atomic E-state index is -0.792. The topological polar surface area (TPSA) is 88.5 Å². The molecule has 0 radical (unpaired) electrons. The Bertz CT molecular complexity index is 1360. The molecule has 0 amide bonds. The predicted molar refractivity (Wildman–Crippen MR) is 139 cm³/mol. The van der Waals surface area contributed by atoms with Crippen molar-refractivity contribution >= 4 is 44.1 Å². The van der Waals surface area contributed by atoms with Crippen LogP contribution in [0.5, 0.6) is 5.75 Å². The number of carboxylic acid groups (broad SMARTS) is 1. The van der Waals surface area contributed by atoms with E-state index in [1.54, 1.807) is 18.4 Å². The van der Waals surface area contributed by atoms with E-state index in [1.807, 2.05) is 66.7 Å². The molecule has 4 aromatic rings. The molecular weight excluding hydrogens is 460 g/mol. The van der Waals surface area contributed by atoms with Crippen LogP contribution in [0.1, 0.15) is 36.0 Å². The number of hydrogen-bond acceptors (Lipinski definition) is 6. The van der Waals surface area contributed by atoms with E-state index >= 15 is 0 Å². The largest absolute Gasteiger partial charge is 0.497 e. The Morgan fingerprint density at radius 2 is 1.66 bits per heavy atom. The van der Waals surface area contributed by atoms with Gasteiger partial charge in [0.2, 0.25) is 0 Å². The van der Waals surface area contributed by atoms with Crippen molar-refractivity contribution < 1.29 is 19.4 Å². The molecule has 1 aliphatic carbocycles. The molecule has 0 spiro atoms. The Morgan fingerprint density at radius 3 is 2.34 bits per heavy atom. The molecule has 1 aliphatic rings. The zero-order chi connectivity index (χ0) is 24.4. The first-order valence-electron chi connectivity index (χ1n) is 11.7. The number of rotatable bonds is 7. The molecule has 7 heteroatoms. The highest BCUT2D eigenvalue weighted by atomic mass is 32.1. The zero-order valence-corrected chi connectivity index (χ0v) is 20.2. The van der Waals surface area contributed by atoms with Crippen LogP contribution in [0.4, 0.5) is 10.8 Å². The number of methoxy groups -OCH3 is 1. The lowest BCUT2D eigenvalue weighted by atomic mass is 9.78. The average molecular weight is 487 g/mol. The highest BCUT2D eigenvalue weighted by Gasteiger charge is 2.31. The average Bonchev–Trinajstić information content (AvgIpc) is 3.30. The fourth-order valence-electron chi connectivity index (χ4n) is 4.67. The van der Waals surface area contributed by atoms with Crippen LogP contribution in [0.3, 0.4) is 0 Å². The number of ketones is 1. The number of carbonyl (C=O) groups excluding carboxylic acids is 1. The second kappa shape index (κ2) is 9.88. The van der Waals surface area contributed by atoms with E-state index in [-0.39, 0.29) is 11.7 Å². The molecular formula is C28H26N2O4S. The van der Waals surface area contributed by atoms with Gasteiger partial charge in [-0.3, -0.25) is 9.59 Å². The third-order valence-electron chi connectivity index (χ3n) is 6.63. The number of thiazole rings is 1. The molecule has 1 fully saturated rings. The number of anilines is 2. The molecule has 5 rings (SSSR count). The molecule has 35 heavy (non-hydrogen) atoms. The molecule has 3 aromatic carbocycles. The number of nitrogens with one attached hydrogen (secondary N) is 1. The Labute approximate surface area is 207 Å². The number of aliphatic carboxylic acids is 1. The molecule has 178 valence electrons. The van der Waals surface area contributed by atoms with E-state index in [0.29, 0.717) is 18.4 Å². The maximum atomic E-state index is 12.9. The van der Waals surface area contributed by atoms with Crippen molar-refractivity contribution in [3.05, 3.63) is 72.3 Å². The molecule has 1 aromatic heterocycles. The maximum Gasteiger partial charge on any atom is 0.306 e. The zero-order valence-electron chi connectivity index (χ0n) is 19.4. The standard InChI is InChI=1S/C28H26N2O4S/c1-34-23-13-14-24-25(16-23)35-28(30-24)29-22-11-9-18(10-12-22)17-5-7-19(8-6-17)26(31)20-3-2-4-21(15-20)27(32)33/h5-14,16,20-21H,2-4,15H2,1H3,(H,29,30)(H,32,33). The van der Waals surface area contributed by atoms with Gasteiger partial charge in [0.25, 0.3) is 0 Å². The number of aromatic nitrogens is 1. The Morgan fingerprint density at radius 1 is 0.971 bits per heavy atom. The summed E-state index contributed by atoms with van der Waals surface area (Å²) in [5.41, 5.74) is 4.59. The van der Waals surface area contributed by atoms with E-state index in [4.69, 9.17) is 4.74 Å². The van der Waals surface area contributed by atoms with E-state index < -0.39 is 11.9 Å². The van der Waals surface area contributed by atoms with E-state index in [9.17, 15) is 14.7 Å². The minimum absolute atomic E-state index is 0.0514. The number of carbonyl (C=O) groups is 2. The normalized spacial score (nSPS) is 17.7. The second-order valence-electron chi connectivity index (χ2n) is 8.90. The van der Waals surface area contributed by atoms with Gasteiger partial charge in [0.15, 0.2) is 10.9 Å². The second-order valence-corrected chi connectivity index (χ2v) is 9.93. The highest BCUT2D eigenvalue weighted by Crippen LogP contribution is 2.33. The summed E-state index contributed by atoms with van der Waals surface area (Å²) in [7, 11) is 1.65. The highest BCUT2D eigenvalue weighted by molar-refractivity contribution is 7.22. The van der Waals surface area contributed by atoms with Gasteiger partial charge in [-0.1, -0.05) is 54.2 Å². The summed E-state index contributed by atoms with van der Waals surface area (Å²) in [5, 5.41) is 13.5. The molecule has 0 bridgehead atoms. The first kappa shape index (κ1) is 23.1. The molecule has 2 atom stereocenters. The summed E-state index contributed by atoms with van der Waals surface area (Å²) >= 11 is 1.57. The van der Waals surface area contributed by atoms with Crippen LogP contribution in [0.15, 0.2) is 66.7 Å². The summed E-state index contributed by atoms with van der Waals surface area (Å²) in [4.78, 5) is 28.9. The van der Waals surface area contributed by atoms with E-state index in [1.165, 1.54) is 0 Å². The molecule has 2 N–H and O–H groups in total. The number of ether oxygens (including phenoxy) is 1. The van der Waals surface area contributed by atoms with Crippen molar-refractivity contribution in [3.63, 3.8) is 0 Å². The fraction of sp³-hybridized carbons (Fsp3) is 0.250. The van der Waals surface area contributed by atoms with Crippen LogP contribution in [-0.2, 0) is 4.79 Å². The predicted octanol–water partition coefficient (Wildman–Crippen LogP) is 6.79. The van der Waals surface area contributed by atoms with Crippen LogP contribution in [0, 0.1) is 11.8 Å². The first-order valence-corrected chi connectivity index (χ1v) is 12.5. The van der Waals surface area contributed by atoms with Gasteiger partial charge < -0.3 is 15.2 Å². The van der Waals surface area contributed by atoms with Gasteiger partial charge in [-0.15, -0.1) is 0 Å². The van der Waals surface area contributed by atoms with E-state index in [2.05, 4.69) is 10.3 Å². The number of nitrogens with zero attached hydrogens (tertiary/aromatic N) is 1. The lowest BCUT2D eigenvalue weighted by molar-refractivity contribution is -0.143. The Hall–Kier alpha value is -3.71. The number of hydrogen-bond donors (Lipinski definition) is 2. The molecule has 2 unspecified atom stereocenters. The van der Waals surface area contributed by atoms with Gasteiger partial charge in [-0.2, -0.15) is 0 Å². The van der Waals surface area contributed by atoms with Crippen molar-refractivity contribution in [2.75, 3.05) is 12.4 Å². The SMILES string of the molecule is COc1ccc2nc(Nc3ccc(-c4ccc(C(=O)C5CCCC(C(=O)O)C5)cc4)cc3)sc2c1. The first-order chi connectivity index (χ1) is 17.0. The molecule has 1 saturated carbocycles. The summed E-state index contributed by atoms with van der Waals surface area (Å²) in [6.45, 7) is 0. The van der Waals surface area contributed by atoms with Crippen molar-refractivity contribution in [1.29, 1.82) is 0 Å². The Kier molecular flexibility index (Phi) is 6.51. The maximum absolute atomic E-state index is 12.9. The van der Waals surface area contributed by atoms with Gasteiger partial charge in [0.05, 0.1) is 23.2 Å². The van der Waals surface area contributed by atoms with Gasteiger partial charge in [0, 0.05) is 17.2 Å². The number of carboxylic acids is 1. The molecule has 1 heterocycles. The van der Waals surface area contributed by atoms with Crippen molar-refractivity contribution in [2.45, 2.75) is 25.7 Å².